The fraction of sp³-hybridized carbons (Fsp3) is 0.600. The average molecular weight is 448 g/mol. The third-order valence-corrected chi connectivity index (χ3v) is 6.70. The summed E-state index contributed by atoms with van der Waals surface area (Å²) in [6.07, 6.45) is 13.4. The lowest BCUT2D eigenvalue weighted by Gasteiger charge is -2.22. The second kappa shape index (κ2) is 15.1. The Bertz CT molecular complexity index is 679. The number of aryl methyl sites for hydroxylation is 1. The molecule has 1 aromatic rings. The minimum atomic E-state index is -1.29. The summed E-state index contributed by atoms with van der Waals surface area (Å²) < 4.78 is 0. The summed E-state index contributed by atoms with van der Waals surface area (Å²) in [5.41, 5.74) is 1.43. The fourth-order valence-electron chi connectivity index (χ4n) is 3.85. The van der Waals surface area contributed by atoms with Gasteiger partial charge in [0.05, 0.1) is 6.04 Å². The molecular formula is C25H37NO4S. The summed E-state index contributed by atoms with van der Waals surface area (Å²) in [5.74, 6) is 0.388. The van der Waals surface area contributed by atoms with Crippen molar-refractivity contribution < 1.29 is 19.8 Å². The van der Waals surface area contributed by atoms with Crippen LogP contribution < -0.4 is 0 Å². The highest BCUT2D eigenvalue weighted by Crippen LogP contribution is 2.21. The fourth-order valence-corrected chi connectivity index (χ4v) is 4.77. The van der Waals surface area contributed by atoms with E-state index in [0.29, 0.717) is 18.7 Å². The maximum Gasteiger partial charge on any atom is 0.332 e. The molecular weight excluding hydrogens is 410 g/mol. The zero-order valence-corrected chi connectivity index (χ0v) is 19.3. The third-order valence-electron chi connectivity index (χ3n) is 5.71. The van der Waals surface area contributed by atoms with Crippen LogP contribution in [0.25, 0.3) is 0 Å². The number of carbonyl (C=O) groups excluding carboxylic acids is 1. The van der Waals surface area contributed by atoms with Gasteiger partial charge in [0.25, 0.3) is 0 Å². The molecule has 1 fully saturated rings. The van der Waals surface area contributed by atoms with E-state index in [-0.39, 0.29) is 18.4 Å². The highest BCUT2D eigenvalue weighted by Gasteiger charge is 2.28. The Hall–Kier alpha value is -1.79. The smallest absolute Gasteiger partial charge is 0.332 e. The number of aliphatic hydroxyl groups excluding tert-OH is 1. The standard InChI is InChI=1S/C25H37NO4S/c27-23(25(29)30)17-19-31-20-18-26-22(15-16-24(26)28)14-10-5-3-1-2-4-7-11-21-12-8-6-9-13-21/h6,8-10,12-14,22-23,27H,1-5,7,11,15-20H2,(H,29,30)/t22-,23?/m0/s1. The van der Waals surface area contributed by atoms with Gasteiger partial charge in [-0.3, -0.25) is 4.79 Å². The molecule has 0 spiro atoms. The predicted octanol–water partition coefficient (Wildman–Crippen LogP) is 4.69. The molecule has 1 aromatic carbocycles. The Labute approximate surface area is 190 Å². The molecule has 31 heavy (non-hydrogen) atoms. The van der Waals surface area contributed by atoms with Crippen LogP contribution in [0.2, 0.25) is 0 Å². The molecule has 1 heterocycles. The number of hydrogen-bond donors (Lipinski definition) is 2. The quantitative estimate of drug-likeness (QED) is 0.284. The van der Waals surface area contributed by atoms with Crippen molar-refractivity contribution in [1.82, 2.24) is 4.90 Å². The Morgan fingerprint density at radius 2 is 1.87 bits per heavy atom. The molecule has 1 amide bonds. The van der Waals surface area contributed by atoms with Crippen molar-refractivity contribution in [3.05, 3.63) is 48.0 Å². The molecule has 2 atom stereocenters. The molecule has 1 unspecified atom stereocenters. The largest absolute Gasteiger partial charge is 0.479 e. The van der Waals surface area contributed by atoms with E-state index in [1.807, 2.05) is 4.90 Å². The van der Waals surface area contributed by atoms with Crippen molar-refractivity contribution in [3.8, 4) is 0 Å². The monoisotopic (exact) mass is 447 g/mol. The van der Waals surface area contributed by atoms with Crippen LogP contribution in [0.4, 0.5) is 0 Å². The van der Waals surface area contributed by atoms with Gasteiger partial charge < -0.3 is 15.1 Å². The summed E-state index contributed by atoms with van der Waals surface area (Å²) >= 11 is 1.59. The van der Waals surface area contributed by atoms with Gasteiger partial charge in [-0.2, -0.15) is 11.8 Å². The Morgan fingerprint density at radius 1 is 1.13 bits per heavy atom. The van der Waals surface area contributed by atoms with Gasteiger partial charge in [-0.1, -0.05) is 61.7 Å². The normalized spacial score (nSPS) is 17.5. The van der Waals surface area contributed by atoms with E-state index in [0.717, 1.165) is 18.6 Å². The molecule has 0 radical (unpaired) electrons. The first-order valence-corrected chi connectivity index (χ1v) is 12.7. The maximum atomic E-state index is 12.1. The third kappa shape index (κ3) is 10.4. The number of thioether (sulfide) groups is 1. The lowest BCUT2D eigenvalue weighted by atomic mass is 10.0. The van der Waals surface area contributed by atoms with Crippen LogP contribution in [0.15, 0.2) is 42.5 Å². The molecule has 6 heteroatoms. The predicted molar refractivity (Wildman–Crippen MR) is 127 cm³/mol. The van der Waals surface area contributed by atoms with Crippen molar-refractivity contribution in [2.75, 3.05) is 18.1 Å². The van der Waals surface area contributed by atoms with E-state index in [1.54, 1.807) is 11.8 Å². The number of amides is 1. The van der Waals surface area contributed by atoms with Crippen molar-refractivity contribution in [1.29, 1.82) is 0 Å². The molecule has 172 valence electrons. The van der Waals surface area contributed by atoms with E-state index in [9.17, 15) is 14.7 Å². The Morgan fingerprint density at radius 3 is 2.65 bits per heavy atom. The second-order valence-corrected chi connectivity index (χ2v) is 9.39. The van der Waals surface area contributed by atoms with Crippen molar-refractivity contribution >= 4 is 23.6 Å². The van der Waals surface area contributed by atoms with Gasteiger partial charge in [0.2, 0.25) is 5.91 Å². The van der Waals surface area contributed by atoms with Crippen molar-refractivity contribution in [2.45, 2.75) is 76.4 Å². The molecule has 1 aliphatic rings. The van der Waals surface area contributed by atoms with Gasteiger partial charge in [-0.25, -0.2) is 4.79 Å². The summed E-state index contributed by atoms with van der Waals surface area (Å²) in [4.78, 5) is 24.7. The van der Waals surface area contributed by atoms with Crippen LogP contribution >= 0.6 is 11.8 Å². The van der Waals surface area contributed by atoms with Gasteiger partial charge in [-0.05, 0) is 49.8 Å². The van der Waals surface area contributed by atoms with E-state index < -0.39 is 12.1 Å². The topological polar surface area (TPSA) is 77.8 Å². The first-order chi connectivity index (χ1) is 15.1. The van der Waals surface area contributed by atoms with Crippen molar-refractivity contribution in [3.63, 3.8) is 0 Å². The lowest BCUT2D eigenvalue weighted by Crippen LogP contribution is -2.33. The minimum absolute atomic E-state index is 0.198. The number of benzene rings is 1. The van der Waals surface area contributed by atoms with E-state index in [2.05, 4.69) is 42.5 Å². The van der Waals surface area contributed by atoms with Gasteiger partial charge in [0, 0.05) is 18.7 Å². The van der Waals surface area contributed by atoms with Crippen LogP contribution in [-0.4, -0.2) is 57.2 Å². The van der Waals surface area contributed by atoms with Gasteiger partial charge in [0.1, 0.15) is 0 Å². The van der Waals surface area contributed by atoms with Gasteiger partial charge >= 0.3 is 5.97 Å². The van der Waals surface area contributed by atoms with Crippen LogP contribution in [0, 0.1) is 0 Å². The summed E-state index contributed by atoms with van der Waals surface area (Å²) in [5, 5.41) is 18.0. The lowest BCUT2D eigenvalue weighted by molar-refractivity contribution is -0.146. The van der Waals surface area contributed by atoms with Crippen LogP contribution in [-0.2, 0) is 16.0 Å². The molecule has 0 aliphatic carbocycles. The van der Waals surface area contributed by atoms with E-state index >= 15 is 0 Å². The zero-order valence-electron chi connectivity index (χ0n) is 18.5. The Kier molecular flexibility index (Phi) is 12.4. The average Bonchev–Trinajstić information content (AvgIpc) is 3.12. The molecule has 0 bridgehead atoms. The van der Waals surface area contributed by atoms with Gasteiger partial charge in [0.15, 0.2) is 6.10 Å². The van der Waals surface area contributed by atoms with Crippen molar-refractivity contribution in [2.24, 2.45) is 0 Å². The molecule has 0 aromatic heterocycles. The summed E-state index contributed by atoms with van der Waals surface area (Å²) in [7, 11) is 0. The number of aliphatic hydroxyl groups is 1. The first kappa shape index (κ1) is 25.5. The number of hydrogen-bond acceptors (Lipinski definition) is 4. The van der Waals surface area contributed by atoms with Crippen LogP contribution in [0.5, 0.6) is 0 Å². The number of aliphatic carboxylic acids is 1. The number of nitrogens with zero attached hydrogens (tertiary/aromatic N) is 1. The van der Waals surface area contributed by atoms with E-state index in [1.165, 1.54) is 44.1 Å². The van der Waals surface area contributed by atoms with Crippen LogP contribution in [0.3, 0.4) is 0 Å². The number of allylic oxidation sites excluding steroid dienone is 1. The second-order valence-electron chi connectivity index (χ2n) is 8.17. The number of unbranched alkanes of at least 4 members (excludes halogenated alkanes) is 5. The summed E-state index contributed by atoms with van der Waals surface area (Å²) in [6.45, 7) is 0.684. The number of rotatable bonds is 16. The molecule has 1 aliphatic heterocycles. The van der Waals surface area contributed by atoms with Gasteiger partial charge in [-0.15, -0.1) is 0 Å². The molecule has 0 saturated carbocycles. The highest BCUT2D eigenvalue weighted by molar-refractivity contribution is 7.99. The number of carboxylic acid groups (broad SMARTS) is 1. The number of carboxylic acids is 1. The molecule has 2 N–H and O–H groups in total. The zero-order chi connectivity index (χ0) is 22.3. The van der Waals surface area contributed by atoms with Crippen LogP contribution in [0.1, 0.15) is 63.4 Å². The minimum Gasteiger partial charge on any atom is -0.479 e. The molecule has 2 rings (SSSR count). The molecule has 5 nitrogen and oxygen atoms in total. The Balaban J connectivity index is 1.52. The number of likely N-dealkylation sites (tertiary alicyclic amines) is 1. The van der Waals surface area contributed by atoms with E-state index in [4.69, 9.17) is 5.11 Å². The first-order valence-electron chi connectivity index (χ1n) is 11.6. The molecule has 1 saturated heterocycles. The maximum absolute atomic E-state index is 12.1. The highest BCUT2D eigenvalue weighted by atomic mass is 32.2. The number of carbonyl (C=O) groups is 2. The summed E-state index contributed by atoms with van der Waals surface area (Å²) in [6, 6.07) is 10.9. The SMILES string of the molecule is O=C(O)C(O)CCSCCN1C(=O)CC[C@@H]1C=CCCCCCCCc1ccccc1.